The largest absolute Gasteiger partial charge is 0.490 e. The molecule has 6 heteroatoms. The molecular formula is C16H18ClNO4. The Morgan fingerprint density at radius 2 is 2.18 bits per heavy atom. The van der Waals surface area contributed by atoms with Crippen LogP contribution in [0.4, 0.5) is 0 Å². The Bertz CT molecular complexity index is 582. The molecule has 1 N–H and O–H groups in total. The van der Waals surface area contributed by atoms with Crippen molar-refractivity contribution >= 4 is 23.5 Å². The first-order chi connectivity index (χ1) is 10.6. The highest BCUT2D eigenvalue weighted by Crippen LogP contribution is 2.28. The molecule has 0 spiro atoms. The second kappa shape index (κ2) is 7.84. The molecule has 1 fully saturated rings. The van der Waals surface area contributed by atoms with Gasteiger partial charge in [0.2, 0.25) is 0 Å². The number of carbonyl (C=O) groups excluding carboxylic acids is 2. The summed E-state index contributed by atoms with van der Waals surface area (Å²) in [4.78, 5) is 22.9. The Morgan fingerprint density at radius 3 is 2.77 bits per heavy atom. The molecule has 1 amide bonds. The topological polar surface area (TPSA) is 64.6 Å². The molecule has 22 heavy (non-hydrogen) atoms. The normalized spacial score (nSPS) is 14.5. The van der Waals surface area contributed by atoms with Crippen LogP contribution in [-0.2, 0) is 9.53 Å². The van der Waals surface area contributed by atoms with Gasteiger partial charge in [0.05, 0.1) is 23.8 Å². The van der Waals surface area contributed by atoms with E-state index in [1.165, 1.54) is 25.7 Å². The molecule has 1 aromatic rings. The van der Waals surface area contributed by atoms with Crippen LogP contribution in [0.5, 0.6) is 5.75 Å². The lowest BCUT2D eigenvalue weighted by Crippen LogP contribution is -2.25. The van der Waals surface area contributed by atoms with E-state index < -0.39 is 5.97 Å². The van der Waals surface area contributed by atoms with Crippen LogP contribution in [0, 0.1) is 0 Å². The Labute approximate surface area is 134 Å². The van der Waals surface area contributed by atoms with Crippen LogP contribution in [0.1, 0.15) is 29.6 Å². The van der Waals surface area contributed by atoms with Gasteiger partial charge in [-0.05, 0) is 37.5 Å². The fourth-order valence-corrected chi connectivity index (χ4v) is 2.16. The summed E-state index contributed by atoms with van der Waals surface area (Å²) in [6.45, 7) is 0.213. The molecule has 1 aliphatic rings. The van der Waals surface area contributed by atoms with Gasteiger partial charge in [-0.3, -0.25) is 4.79 Å². The van der Waals surface area contributed by atoms with Crippen LogP contribution >= 0.6 is 11.6 Å². The Balaban J connectivity index is 1.89. The lowest BCUT2D eigenvalue weighted by Gasteiger charge is -2.26. The minimum atomic E-state index is -0.468. The van der Waals surface area contributed by atoms with Crippen LogP contribution in [0.3, 0.4) is 0 Å². The molecule has 1 aromatic carbocycles. The maximum Gasteiger partial charge on any atom is 0.330 e. The average molecular weight is 324 g/mol. The molecule has 0 radical (unpaired) electrons. The van der Waals surface area contributed by atoms with E-state index in [4.69, 9.17) is 16.3 Å². The first kappa shape index (κ1) is 16.4. The molecule has 118 valence electrons. The van der Waals surface area contributed by atoms with Crippen LogP contribution in [0.15, 0.2) is 30.4 Å². The maximum absolute atomic E-state index is 12.0. The van der Waals surface area contributed by atoms with Crippen molar-refractivity contribution in [3.8, 4) is 5.75 Å². The molecule has 1 aliphatic carbocycles. The smallest absolute Gasteiger partial charge is 0.330 e. The molecule has 5 nitrogen and oxygen atoms in total. The minimum absolute atomic E-state index is 0.213. The number of benzene rings is 1. The van der Waals surface area contributed by atoms with Crippen molar-refractivity contribution in [2.75, 3.05) is 13.7 Å². The monoisotopic (exact) mass is 323 g/mol. The molecule has 2 rings (SSSR count). The molecule has 0 aromatic heterocycles. The first-order valence-electron chi connectivity index (χ1n) is 7.09. The third-order valence-corrected chi connectivity index (χ3v) is 3.69. The SMILES string of the molecule is COC(=O)/C=C/CNC(=O)c1ccc(OC2CCC2)cc1Cl. The highest BCUT2D eigenvalue weighted by Gasteiger charge is 2.19. The summed E-state index contributed by atoms with van der Waals surface area (Å²) >= 11 is 6.12. The van der Waals surface area contributed by atoms with E-state index in [0.717, 1.165) is 12.8 Å². The second-order valence-corrected chi connectivity index (χ2v) is 5.36. The highest BCUT2D eigenvalue weighted by molar-refractivity contribution is 6.34. The van der Waals surface area contributed by atoms with Gasteiger partial charge in [-0.15, -0.1) is 0 Å². The minimum Gasteiger partial charge on any atom is -0.490 e. The lowest BCUT2D eigenvalue weighted by molar-refractivity contribution is -0.134. The van der Waals surface area contributed by atoms with Gasteiger partial charge in [0.15, 0.2) is 0 Å². The van der Waals surface area contributed by atoms with Crippen molar-refractivity contribution in [3.05, 3.63) is 40.9 Å². The molecular weight excluding hydrogens is 306 g/mol. The number of ether oxygens (including phenoxy) is 2. The maximum atomic E-state index is 12.0. The predicted octanol–water partition coefficient (Wildman–Crippen LogP) is 2.73. The summed E-state index contributed by atoms with van der Waals surface area (Å²) in [7, 11) is 1.29. The summed E-state index contributed by atoms with van der Waals surface area (Å²) in [6.07, 6.45) is 6.33. The van der Waals surface area contributed by atoms with E-state index in [0.29, 0.717) is 16.3 Å². The van der Waals surface area contributed by atoms with Crippen molar-refractivity contribution in [1.82, 2.24) is 5.32 Å². The highest BCUT2D eigenvalue weighted by atomic mass is 35.5. The summed E-state index contributed by atoms with van der Waals surface area (Å²) < 4.78 is 10.2. The molecule has 0 saturated heterocycles. The summed E-state index contributed by atoms with van der Waals surface area (Å²) in [5.41, 5.74) is 0.370. The standard InChI is InChI=1S/C16H18ClNO4/c1-21-15(19)6-3-9-18-16(20)13-8-7-12(10-14(13)17)22-11-4-2-5-11/h3,6-8,10-11H,2,4-5,9H2,1H3,(H,18,20)/b6-3+. The van der Waals surface area contributed by atoms with E-state index in [-0.39, 0.29) is 18.6 Å². The van der Waals surface area contributed by atoms with Gasteiger partial charge in [0.25, 0.3) is 5.91 Å². The zero-order valence-electron chi connectivity index (χ0n) is 12.3. The Kier molecular flexibility index (Phi) is 5.83. The average Bonchev–Trinajstić information content (AvgIpc) is 2.47. The summed E-state index contributed by atoms with van der Waals surface area (Å²) in [5, 5.41) is 2.98. The molecule has 0 aliphatic heterocycles. The fourth-order valence-electron chi connectivity index (χ4n) is 1.90. The Hall–Kier alpha value is -2.01. The Morgan fingerprint density at radius 1 is 1.41 bits per heavy atom. The van der Waals surface area contributed by atoms with E-state index in [9.17, 15) is 9.59 Å². The van der Waals surface area contributed by atoms with Gasteiger partial charge in [0, 0.05) is 12.6 Å². The van der Waals surface area contributed by atoms with Gasteiger partial charge in [-0.2, -0.15) is 0 Å². The van der Waals surface area contributed by atoms with Crippen molar-refractivity contribution in [2.24, 2.45) is 0 Å². The number of esters is 1. The third-order valence-electron chi connectivity index (χ3n) is 3.38. The number of hydrogen-bond donors (Lipinski definition) is 1. The van der Waals surface area contributed by atoms with E-state index in [2.05, 4.69) is 10.1 Å². The molecule has 0 bridgehead atoms. The van der Waals surface area contributed by atoms with E-state index in [1.807, 2.05) is 0 Å². The number of nitrogens with one attached hydrogen (secondary N) is 1. The number of carbonyl (C=O) groups is 2. The lowest BCUT2D eigenvalue weighted by atomic mass is 9.96. The van der Waals surface area contributed by atoms with E-state index in [1.54, 1.807) is 18.2 Å². The van der Waals surface area contributed by atoms with Crippen LogP contribution in [-0.4, -0.2) is 31.6 Å². The fraction of sp³-hybridized carbons (Fsp3) is 0.375. The quantitative estimate of drug-likeness (QED) is 0.646. The third kappa shape index (κ3) is 4.49. The molecule has 0 heterocycles. The number of rotatable bonds is 6. The van der Waals surface area contributed by atoms with Crippen molar-refractivity contribution in [2.45, 2.75) is 25.4 Å². The number of hydrogen-bond acceptors (Lipinski definition) is 4. The molecule has 0 unspecified atom stereocenters. The van der Waals surface area contributed by atoms with Crippen LogP contribution in [0.25, 0.3) is 0 Å². The van der Waals surface area contributed by atoms with Crippen LogP contribution < -0.4 is 10.1 Å². The van der Waals surface area contributed by atoms with Gasteiger partial charge >= 0.3 is 5.97 Å². The van der Waals surface area contributed by atoms with Gasteiger partial charge in [-0.25, -0.2) is 4.79 Å². The zero-order valence-corrected chi connectivity index (χ0v) is 13.1. The van der Waals surface area contributed by atoms with Crippen molar-refractivity contribution in [1.29, 1.82) is 0 Å². The van der Waals surface area contributed by atoms with Crippen molar-refractivity contribution < 1.29 is 19.1 Å². The predicted molar refractivity (Wildman–Crippen MR) is 83.2 cm³/mol. The summed E-state index contributed by atoms with van der Waals surface area (Å²) in [5.74, 6) is -0.101. The molecule has 1 saturated carbocycles. The number of amides is 1. The summed E-state index contributed by atoms with van der Waals surface area (Å²) in [6, 6.07) is 5.03. The van der Waals surface area contributed by atoms with E-state index >= 15 is 0 Å². The first-order valence-corrected chi connectivity index (χ1v) is 7.47. The second-order valence-electron chi connectivity index (χ2n) is 4.95. The van der Waals surface area contributed by atoms with Crippen LogP contribution in [0.2, 0.25) is 5.02 Å². The number of methoxy groups -OCH3 is 1. The van der Waals surface area contributed by atoms with Crippen molar-refractivity contribution in [3.63, 3.8) is 0 Å². The van der Waals surface area contributed by atoms with Gasteiger partial charge < -0.3 is 14.8 Å². The van der Waals surface area contributed by atoms with Gasteiger partial charge in [-0.1, -0.05) is 17.7 Å². The molecule has 0 atom stereocenters. The number of halogens is 1. The van der Waals surface area contributed by atoms with Gasteiger partial charge in [0.1, 0.15) is 5.75 Å². The zero-order chi connectivity index (χ0) is 15.9.